The van der Waals surface area contributed by atoms with Crippen LogP contribution in [0.25, 0.3) is 0 Å². The number of hydrogen-bond acceptors (Lipinski definition) is 5. The lowest BCUT2D eigenvalue weighted by Crippen LogP contribution is -2.22. The predicted octanol–water partition coefficient (Wildman–Crippen LogP) is 5.22. The standard InChI is InChI=1S/C13H6Cl2F6N4O2S/c14-5-1-4(12(16,17)18)2-6(15)8(5)22-11(25-27)9-10(28-13(19,20)21)7(3-26)23-24-9/h1-3,27H,(H,22,25)(H,23,24). The molecule has 0 saturated carbocycles. The SMILES string of the molecule is O=Cc1[nH]nc(C(=Nc2c(Cl)cc(C(F)(F)F)cc2Cl)NO)c1SC(F)(F)F. The smallest absolute Gasteiger partial charge is 0.296 e. The van der Waals surface area contributed by atoms with Gasteiger partial charge in [0, 0.05) is 0 Å². The number of thioether (sulfide) groups is 1. The summed E-state index contributed by atoms with van der Waals surface area (Å²) in [5.74, 6) is -0.750. The second-order valence-corrected chi connectivity index (χ2v) is 6.73. The number of benzene rings is 1. The van der Waals surface area contributed by atoms with E-state index in [0.717, 1.165) is 0 Å². The van der Waals surface area contributed by atoms with E-state index in [9.17, 15) is 36.3 Å². The van der Waals surface area contributed by atoms with Crippen molar-refractivity contribution in [1.82, 2.24) is 15.7 Å². The zero-order valence-electron chi connectivity index (χ0n) is 12.9. The molecule has 1 heterocycles. The van der Waals surface area contributed by atoms with Crippen molar-refractivity contribution in [2.45, 2.75) is 16.6 Å². The Morgan fingerprint density at radius 2 is 1.79 bits per heavy atom. The van der Waals surface area contributed by atoms with Gasteiger partial charge in [-0.15, -0.1) is 0 Å². The minimum atomic E-state index is -4.82. The number of alkyl halides is 6. The fourth-order valence-corrected chi connectivity index (χ4v) is 3.13. The summed E-state index contributed by atoms with van der Waals surface area (Å²) in [6.45, 7) is 0. The van der Waals surface area contributed by atoms with E-state index in [0.29, 0.717) is 12.1 Å². The Morgan fingerprint density at radius 3 is 2.21 bits per heavy atom. The van der Waals surface area contributed by atoms with Crippen molar-refractivity contribution in [1.29, 1.82) is 0 Å². The molecule has 2 aromatic rings. The number of carbonyl (C=O) groups excluding carboxylic acids is 1. The third kappa shape index (κ3) is 5.10. The quantitative estimate of drug-likeness (QED) is 0.143. The van der Waals surface area contributed by atoms with Crippen molar-refractivity contribution in [3.05, 3.63) is 39.1 Å². The van der Waals surface area contributed by atoms with E-state index in [4.69, 9.17) is 23.2 Å². The minimum absolute atomic E-state index is 0.0532. The van der Waals surface area contributed by atoms with Gasteiger partial charge < -0.3 is 0 Å². The van der Waals surface area contributed by atoms with Gasteiger partial charge in [0.2, 0.25) is 0 Å². The summed E-state index contributed by atoms with van der Waals surface area (Å²) in [5.41, 5.74) is -6.23. The molecule has 0 radical (unpaired) electrons. The van der Waals surface area contributed by atoms with Crippen LogP contribution >= 0.6 is 35.0 Å². The number of hydrogen-bond donors (Lipinski definition) is 3. The maximum absolute atomic E-state index is 12.8. The Hall–Kier alpha value is -1.96. The molecule has 0 atom stereocenters. The number of aromatic nitrogens is 2. The monoisotopic (exact) mass is 466 g/mol. The maximum atomic E-state index is 12.8. The van der Waals surface area contributed by atoms with Gasteiger partial charge >= 0.3 is 11.7 Å². The highest BCUT2D eigenvalue weighted by atomic mass is 35.5. The fourth-order valence-electron chi connectivity index (χ4n) is 1.88. The predicted molar refractivity (Wildman–Crippen MR) is 88.5 cm³/mol. The van der Waals surface area contributed by atoms with Crippen LogP contribution in [0, 0.1) is 0 Å². The number of amidine groups is 1. The Bertz CT molecular complexity index is 906. The van der Waals surface area contributed by atoms with E-state index in [-0.39, 0.29) is 6.29 Å². The van der Waals surface area contributed by atoms with Gasteiger partial charge in [0.15, 0.2) is 12.1 Å². The number of carbonyl (C=O) groups is 1. The first-order valence-electron chi connectivity index (χ1n) is 6.72. The van der Waals surface area contributed by atoms with Crippen LogP contribution in [-0.4, -0.2) is 33.0 Å². The van der Waals surface area contributed by atoms with Crippen molar-refractivity contribution >= 4 is 52.8 Å². The molecule has 0 saturated heterocycles. The third-order valence-electron chi connectivity index (χ3n) is 2.98. The number of halogens is 8. The summed E-state index contributed by atoms with van der Waals surface area (Å²) in [6, 6.07) is 0.988. The molecule has 0 fully saturated rings. The fraction of sp³-hybridized carbons (Fsp3) is 0.154. The van der Waals surface area contributed by atoms with Crippen LogP contribution in [0.4, 0.5) is 32.0 Å². The van der Waals surface area contributed by atoms with Gasteiger partial charge in [0.1, 0.15) is 17.1 Å². The topological polar surface area (TPSA) is 90.4 Å². The number of nitrogens with zero attached hydrogens (tertiary/aromatic N) is 2. The van der Waals surface area contributed by atoms with Crippen molar-refractivity contribution in [3.63, 3.8) is 0 Å². The van der Waals surface area contributed by atoms with Gasteiger partial charge in [-0.3, -0.25) is 20.6 Å². The third-order valence-corrected chi connectivity index (χ3v) is 4.41. The van der Waals surface area contributed by atoms with Crippen molar-refractivity contribution in [2.24, 2.45) is 4.99 Å². The number of aliphatic imine (C=N–C) groups is 1. The van der Waals surface area contributed by atoms with Gasteiger partial charge in [-0.1, -0.05) is 23.2 Å². The largest absolute Gasteiger partial charge is 0.446 e. The van der Waals surface area contributed by atoms with Crippen molar-refractivity contribution in [2.75, 3.05) is 0 Å². The zero-order valence-corrected chi connectivity index (χ0v) is 15.2. The molecule has 0 aliphatic heterocycles. The minimum Gasteiger partial charge on any atom is -0.296 e. The van der Waals surface area contributed by atoms with Gasteiger partial charge in [0.05, 0.1) is 20.5 Å². The van der Waals surface area contributed by atoms with Crippen molar-refractivity contribution < 1.29 is 36.3 Å². The summed E-state index contributed by atoms with van der Waals surface area (Å²) < 4.78 is 76.5. The molecular weight excluding hydrogens is 461 g/mol. The van der Waals surface area contributed by atoms with Gasteiger partial charge in [-0.05, 0) is 23.9 Å². The molecule has 0 amide bonds. The summed E-state index contributed by atoms with van der Waals surface area (Å²) in [5, 5.41) is 13.5. The zero-order chi connectivity index (χ0) is 21.3. The molecule has 3 N–H and O–H groups in total. The highest BCUT2D eigenvalue weighted by molar-refractivity contribution is 8.00. The molecule has 1 aromatic carbocycles. The Labute approximate surface area is 165 Å². The highest BCUT2D eigenvalue weighted by Gasteiger charge is 2.35. The van der Waals surface area contributed by atoms with Crippen molar-refractivity contribution in [3.8, 4) is 0 Å². The summed E-state index contributed by atoms with van der Waals surface area (Å²) >= 11 is 10.8. The average Bonchev–Trinajstić information content (AvgIpc) is 2.94. The Morgan fingerprint density at radius 1 is 1.21 bits per heavy atom. The highest BCUT2D eigenvalue weighted by Crippen LogP contribution is 2.42. The Kier molecular flexibility index (Phi) is 6.53. The van der Waals surface area contributed by atoms with Gasteiger partial charge in [0.25, 0.3) is 0 Å². The molecule has 0 unspecified atom stereocenters. The summed E-state index contributed by atoms with van der Waals surface area (Å²) in [6.07, 6.45) is -4.71. The molecule has 2 rings (SSSR count). The van der Waals surface area contributed by atoms with E-state index >= 15 is 0 Å². The first-order valence-corrected chi connectivity index (χ1v) is 8.29. The summed E-state index contributed by atoms with van der Waals surface area (Å²) in [4.78, 5) is 13.8. The van der Waals surface area contributed by atoms with Gasteiger partial charge in [-0.2, -0.15) is 31.4 Å². The second-order valence-electron chi connectivity index (χ2n) is 4.84. The number of rotatable bonds is 4. The number of nitrogens with one attached hydrogen (secondary N) is 2. The molecule has 1 aromatic heterocycles. The molecule has 28 heavy (non-hydrogen) atoms. The molecular formula is C13H6Cl2F6N4O2S. The number of aromatic amines is 1. The van der Waals surface area contributed by atoms with Crippen LogP contribution in [0.1, 0.15) is 21.7 Å². The number of hydroxylamine groups is 1. The first kappa shape index (κ1) is 22.3. The van der Waals surface area contributed by atoms with E-state index in [1.165, 1.54) is 5.48 Å². The first-order chi connectivity index (χ1) is 12.9. The summed E-state index contributed by atoms with van der Waals surface area (Å²) in [7, 11) is 0. The second kappa shape index (κ2) is 8.19. The van der Waals surface area contributed by atoms with E-state index < -0.39 is 66.9 Å². The lowest BCUT2D eigenvalue weighted by atomic mass is 10.2. The van der Waals surface area contributed by atoms with Crippen LogP contribution in [-0.2, 0) is 6.18 Å². The van der Waals surface area contributed by atoms with E-state index in [1.807, 2.05) is 5.10 Å². The van der Waals surface area contributed by atoms with E-state index in [1.54, 1.807) is 0 Å². The van der Waals surface area contributed by atoms with Crippen LogP contribution in [0.3, 0.4) is 0 Å². The van der Waals surface area contributed by atoms with E-state index in [2.05, 4.69) is 10.1 Å². The molecule has 152 valence electrons. The van der Waals surface area contributed by atoms with Gasteiger partial charge in [-0.25, -0.2) is 4.99 Å². The molecule has 0 aliphatic rings. The normalized spacial score (nSPS) is 13.0. The lowest BCUT2D eigenvalue weighted by molar-refractivity contribution is -0.137. The Balaban J connectivity index is 2.60. The molecule has 0 bridgehead atoms. The maximum Gasteiger partial charge on any atom is 0.446 e. The molecule has 15 heteroatoms. The molecule has 6 nitrogen and oxygen atoms in total. The molecule has 0 spiro atoms. The van der Waals surface area contributed by atoms with Crippen LogP contribution in [0.5, 0.6) is 0 Å². The molecule has 0 aliphatic carbocycles. The average molecular weight is 467 g/mol. The van der Waals surface area contributed by atoms with Crippen LogP contribution in [0.15, 0.2) is 22.0 Å². The van der Waals surface area contributed by atoms with Crippen LogP contribution in [0.2, 0.25) is 10.0 Å². The number of aldehydes is 1. The van der Waals surface area contributed by atoms with Crippen LogP contribution < -0.4 is 5.48 Å². The number of H-pyrrole nitrogens is 1. The lowest BCUT2D eigenvalue weighted by Gasteiger charge is -2.11.